The summed E-state index contributed by atoms with van der Waals surface area (Å²) in [6, 6.07) is 14.3. The molecule has 0 aliphatic carbocycles. The number of aryl methyl sites for hydroxylation is 2. The second-order valence-corrected chi connectivity index (χ2v) is 6.00. The van der Waals surface area contributed by atoms with Crippen LogP contribution in [0.2, 0.25) is 0 Å². The fourth-order valence-corrected chi connectivity index (χ4v) is 2.91. The summed E-state index contributed by atoms with van der Waals surface area (Å²) in [5.74, 6) is 0.449. The van der Waals surface area contributed by atoms with Crippen LogP contribution >= 0.6 is 0 Å². The van der Waals surface area contributed by atoms with E-state index in [2.05, 4.69) is 0 Å². The minimum absolute atomic E-state index is 0.0936. The van der Waals surface area contributed by atoms with Gasteiger partial charge in [0.1, 0.15) is 11.3 Å². The Morgan fingerprint density at radius 3 is 2.56 bits per heavy atom. The van der Waals surface area contributed by atoms with E-state index >= 15 is 0 Å². The molecule has 0 aliphatic rings. The largest absolute Gasteiger partial charge is 0.482 e. The van der Waals surface area contributed by atoms with E-state index in [0.717, 1.165) is 22.9 Å². The van der Waals surface area contributed by atoms with Crippen molar-refractivity contribution in [2.45, 2.75) is 33.3 Å². The summed E-state index contributed by atoms with van der Waals surface area (Å²) in [7, 11) is 0. The summed E-state index contributed by atoms with van der Waals surface area (Å²) in [6.07, 6.45) is 0.101. The lowest BCUT2D eigenvalue weighted by Gasteiger charge is -2.16. The van der Waals surface area contributed by atoms with E-state index in [-0.39, 0.29) is 11.4 Å². The number of carbonyl (C=O) groups is 1. The number of hydrogen-bond donors (Lipinski definition) is 0. The maximum atomic E-state index is 12.5. The second-order valence-electron chi connectivity index (χ2n) is 6.00. The number of ether oxygens (including phenoxy) is 1. The van der Waals surface area contributed by atoms with Gasteiger partial charge in [-0.3, -0.25) is 4.79 Å². The zero-order valence-electron chi connectivity index (χ0n) is 14.5. The third kappa shape index (κ3) is 3.33. The van der Waals surface area contributed by atoms with E-state index in [4.69, 9.17) is 9.15 Å². The molecule has 1 heterocycles. The van der Waals surface area contributed by atoms with E-state index in [9.17, 15) is 9.59 Å². The van der Waals surface area contributed by atoms with Crippen molar-refractivity contribution in [3.8, 4) is 5.75 Å². The topological polar surface area (TPSA) is 56.5 Å². The van der Waals surface area contributed by atoms with Gasteiger partial charge in [-0.2, -0.15) is 0 Å². The molecule has 0 radical (unpaired) electrons. The molecule has 3 aromatic rings. The fourth-order valence-electron chi connectivity index (χ4n) is 2.91. The molecule has 128 valence electrons. The number of hydrogen-bond acceptors (Lipinski definition) is 4. The minimum Gasteiger partial charge on any atom is -0.482 e. The third-order valence-corrected chi connectivity index (χ3v) is 4.31. The molecule has 1 atom stereocenters. The Kier molecular flexibility index (Phi) is 4.70. The average Bonchev–Trinajstić information content (AvgIpc) is 2.63. The maximum absolute atomic E-state index is 12.5. The molecular formula is C21H20O4. The second kappa shape index (κ2) is 6.93. The van der Waals surface area contributed by atoms with Crippen molar-refractivity contribution in [2.24, 2.45) is 0 Å². The molecule has 0 fully saturated rings. The number of Topliss-reactive ketones (excluding diaryl/α,β-unsaturated/α-hetero) is 1. The van der Waals surface area contributed by atoms with Crippen LogP contribution in [0, 0.1) is 6.92 Å². The molecule has 0 aliphatic heterocycles. The molecule has 0 unspecified atom stereocenters. The van der Waals surface area contributed by atoms with E-state index < -0.39 is 6.10 Å². The zero-order valence-corrected chi connectivity index (χ0v) is 14.5. The van der Waals surface area contributed by atoms with Gasteiger partial charge in [0.25, 0.3) is 0 Å². The lowest BCUT2D eigenvalue weighted by molar-refractivity contribution is 0.0817. The Morgan fingerprint density at radius 2 is 1.88 bits per heavy atom. The van der Waals surface area contributed by atoms with Crippen molar-refractivity contribution in [1.29, 1.82) is 0 Å². The van der Waals surface area contributed by atoms with Gasteiger partial charge in [-0.25, -0.2) is 4.79 Å². The van der Waals surface area contributed by atoms with E-state index in [0.29, 0.717) is 16.9 Å². The van der Waals surface area contributed by atoms with Crippen molar-refractivity contribution in [2.75, 3.05) is 0 Å². The van der Waals surface area contributed by atoms with Crippen LogP contribution in [-0.4, -0.2) is 11.9 Å². The van der Waals surface area contributed by atoms with Gasteiger partial charge in [-0.15, -0.1) is 0 Å². The normalized spacial score (nSPS) is 12.1. The Labute approximate surface area is 146 Å². The molecule has 2 aromatic carbocycles. The predicted octanol–water partition coefficient (Wildman–Crippen LogP) is 4.31. The Hall–Kier alpha value is -2.88. The van der Waals surface area contributed by atoms with Crippen molar-refractivity contribution in [3.63, 3.8) is 0 Å². The third-order valence-electron chi connectivity index (χ3n) is 4.31. The van der Waals surface area contributed by atoms with Crippen LogP contribution < -0.4 is 10.4 Å². The van der Waals surface area contributed by atoms with Crippen LogP contribution in [0.5, 0.6) is 5.75 Å². The molecule has 3 rings (SSSR count). The first-order valence-corrected chi connectivity index (χ1v) is 8.33. The van der Waals surface area contributed by atoms with Gasteiger partial charge in [0, 0.05) is 22.6 Å². The Morgan fingerprint density at radius 1 is 1.16 bits per heavy atom. The summed E-state index contributed by atoms with van der Waals surface area (Å²) in [5.41, 5.74) is 2.40. The standard InChI is InChI=1S/C21H20O4/c1-4-15-12-19(22)25-21-13(2)18(11-10-17(15)21)24-14(3)20(23)16-8-6-5-7-9-16/h5-12,14H,4H2,1-3H3/t14-/m0/s1. The van der Waals surface area contributed by atoms with Crippen LogP contribution in [0.4, 0.5) is 0 Å². The highest BCUT2D eigenvalue weighted by Gasteiger charge is 2.19. The molecule has 25 heavy (non-hydrogen) atoms. The summed E-state index contributed by atoms with van der Waals surface area (Å²) < 4.78 is 11.3. The molecule has 1 aromatic heterocycles. The van der Waals surface area contributed by atoms with Gasteiger partial charge in [0.15, 0.2) is 6.10 Å². The maximum Gasteiger partial charge on any atom is 0.336 e. The summed E-state index contributed by atoms with van der Waals surface area (Å²) in [4.78, 5) is 24.3. The first-order chi connectivity index (χ1) is 12.0. The molecule has 0 spiro atoms. The van der Waals surface area contributed by atoms with Crippen LogP contribution in [-0.2, 0) is 6.42 Å². The summed E-state index contributed by atoms with van der Waals surface area (Å²) >= 11 is 0. The highest BCUT2D eigenvalue weighted by molar-refractivity contribution is 5.99. The van der Waals surface area contributed by atoms with Gasteiger partial charge in [0.2, 0.25) is 5.78 Å². The van der Waals surface area contributed by atoms with E-state index in [1.54, 1.807) is 19.1 Å². The first kappa shape index (κ1) is 17.0. The molecule has 0 bridgehead atoms. The molecule has 0 amide bonds. The van der Waals surface area contributed by atoms with Gasteiger partial charge >= 0.3 is 5.63 Å². The van der Waals surface area contributed by atoms with E-state index in [1.165, 1.54) is 6.07 Å². The Bertz CT molecular complexity index is 970. The van der Waals surface area contributed by atoms with Crippen LogP contribution in [0.25, 0.3) is 11.0 Å². The number of fused-ring (bicyclic) bond motifs is 1. The van der Waals surface area contributed by atoms with Crippen LogP contribution in [0.1, 0.15) is 35.3 Å². The van der Waals surface area contributed by atoms with Gasteiger partial charge < -0.3 is 9.15 Å². The van der Waals surface area contributed by atoms with Crippen molar-refractivity contribution in [3.05, 3.63) is 75.6 Å². The highest BCUT2D eigenvalue weighted by Crippen LogP contribution is 2.29. The first-order valence-electron chi connectivity index (χ1n) is 8.33. The molecule has 0 saturated carbocycles. The molecule has 0 N–H and O–H groups in total. The average molecular weight is 336 g/mol. The van der Waals surface area contributed by atoms with Crippen LogP contribution in [0.3, 0.4) is 0 Å². The quantitative estimate of drug-likeness (QED) is 0.514. The smallest absolute Gasteiger partial charge is 0.336 e. The number of carbonyl (C=O) groups excluding carboxylic acids is 1. The number of benzene rings is 2. The lowest BCUT2D eigenvalue weighted by Crippen LogP contribution is -2.24. The monoisotopic (exact) mass is 336 g/mol. The molecule has 0 saturated heterocycles. The number of rotatable bonds is 5. The molecular weight excluding hydrogens is 316 g/mol. The predicted molar refractivity (Wildman–Crippen MR) is 97.5 cm³/mol. The highest BCUT2D eigenvalue weighted by atomic mass is 16.5. The molecule has 4 nitrogen and oxygen atoms in total. The number of ketones is 1. The van der Waals surface area contributed by atoms with Gasteiger partial charge in [0.05, 0.1) is 0 Å². The fraction of sp³-hybridized carbons (Fsp3) is 0.238. The Balaban J connectivity index is 1.95. The molecule has 4 heteroatoms. The van der Waals surface area contributed by atoms with E-state index in [1.807, 2.05) is 44.2 Å². The summed E-state index contributed by atoms with van der Waals surface area (Å²) in [5, 5.41) is 0.897. The zero-order chi connectivity index (χ0) is 18.0. The van der Waals surface area contributed by atoms with Crippen molar-refractivity contribution >= 4 is 16.8 Å². The lowest BCUT2D eigenvalue weighted by atomic mass is 10.0. The minimum atomic E-state index is -0.639. The van der Waals surface area contributed by atoms with Gasteiger partial charge in [-0.05, 0) is 38.0 Å². The summed E-state index contributed by atoms with van der Waals surface area (Å²) in [6.45, 7) is 5.55. The van der Waals surface area contributed by atoms with Gasteiger partial charge in [-0.1, -0.05) is 37.3 Å². The van der Waals surface area contributed by atoms with Crippen molar-refractivity contribution < 1.29 is 13.9 Å². The van der Waals surface area contributed by atoms with Crippen LogP contribution in [0.15, 0.2) is 57.7 Å². The van der Waals surface area contributed by atoms with Crippen molar-refractivity contribution in [1.82, 2.24) is 0 Å². The SMILES string of the molecule is CCc1cc(=O)oc2c(C)c(O[C@@H](C)C(=O)c3ccccc3)ccc12.